The van der Waals surface area contributed by atoms with Crippen molar-refractivity contribution in [3.8, 4) is 6.07 Å². The number of hydrogen-bond acceptors (Lipinski definition) is 4. The molecule has 1 aromatic carbocycles. The highest BCUT2D eigenvalue weighted by Gasteiger charge is 2.28. The molecular weight excluding hydrogens is 282 g/mol. The number of benzene rings is 1. The number of halogens is 2. The lowest BCUT2D eigenvalue weighted by Gasteiger charge is -2.20. The molecule has 0 radical (unpaired) electrons. The lowest BCUT2D eigenvalue weighted by Crippen LogP contribution is -2.12. The number of aliphatic hydroxyl groups is 1. The van der Waals surface area contributed by atoms with Gasteiger partial charge in [0, 0.05) is 35.2 Å². The van der Waals surface area contributed by atoms with Gasteiger partial charge in [-0.25, -0.2) is 8.78 Å². The summed E-state index contributed by atoms with van der Waals surface area (Å²) in [4.78, 5) is 4.75. The Kier molecular flexibility index (Phi) is 4.77. The average molecular weight is 294 g/mol. The summed E-state index contributed by atoms with van der Waals surface area (Å²) in [5.41, 5.74) is 1.76. The van der Waals surface area contributed by atoms with E-state index in [4.69, 9.17) is 5.11 Å². The van der Waals surface area contributed by atoms with E-state index in [-0.39, 0.29) is 18.1 Å². The standard InChI is InChI=1S/C14H12F2N2OS/c15-9-1-2-10(13(16)5-9)12(6-17)11(3-4-19)14-7-18-8-20-14/h1-2,5,7-8,11-12,19H,3-4H2/t11-,12+/m1/s1. The molecular formula is C14H12F2N2OS. The van der Waals surface area contributed by atoms with Gasteiger partial charge in [0.1, 0.15) is 11.6 Å². The molecule has 1 N–H and O–H groups in total. The van der Waals surface area contributed by atoms with E-state index in [0.717, 1.165) is 17.0 Å². The SMILES string of the molecule is N#C[C@@H](c1ccc(F)cc1F)[C@@H](CCO)c1cncs1. The van der Waals surface area contributed by atoms with Crippen LogP contribution in [0.3, 0.4) is 0 Å². The van der Waals surface area contributed by atoms with Crippen LogP contribution in [-0.4, -0.2) is 16.7 Å². The molecule has 6 heteroatoms. The molecule has 0 unspecified atom stereocenters. The van der Waals surface area contributed by atoms with E-state index in [9.17, 15) is 14.0 Å². The van der Waals surface area contributed by atoms with Gasteiger partial charge in [-0.05, 0) is 12.5 Å². The van der Waals surface area contributed by atoms with E-state index in [1.165, 1.54) is 17.4 Å². The normalized spacial score (nSPS) is 13.7. The molecule has 1 heterocycles. The number of aromatic nitrogens is 1. The van der Waals surface area contributed by atoms with Crippen LogP contribution in [0.2, 0.25) is 0 Å². The van der Waals surface area contributed by atoms with Gasteiger partial charge in [-0.15, -0.1) is 11.3 Å². The Morgan fingerprint density at radius 1 is 1.40 bits per heavy atom. The smallest absolute Gasteiger partial charge is 0.130 e. The number of nitrogens with zero attached hydrogens (tertiary/aromatic N) is 2. The van der Waals surface area contributed by atoms with Gasteiger partial charge in [-0.1, -0.05) is 6.07 Å². The third-order valence-electron chi connectivity index (χ3n) is 3.10. The lowest BCUT2D eigenvalue weighted by atomic mass is 9.84. The maximum atomic E-state index is 13.9. The molecule has 2 atom stereocenters. The van der Waals surface area contributed by atoms with Gasteiger partial charge in [0.25, 0.3) is 0 Å². The highest BCUT2D eigenvalue weighted by molar-refractivity contribution is 7.09. The quantitative estimate of drug-likeness (QED) is 0.921. The molecule has 20 heavy (non-hydrogen) atoms. The Hall–Kier alpha value is -1.84. The van der Waals surface area contributed by atoms with Crippen LogP contribution in [0.4, 0.5) is 8.78 Å². The third-order valence-corrected chi connectivity index (χ3v) is 4.00. The second kappa shape index (κ2) is 6.55. The summed E-state index contributed by atoms with van der Waals surface area (Å²) in [6, 6.07) is 5.24. The first-order chi connectivity index (χ1) is 9.67. The van der Waals surface area contributed by atoms with Crippen LogP contribution in [0.1, 0.15) is 28.7 Å². The molecule has 0 fully saturated rings. The Labute approximate surface area is 119 Å². The monoisotopic (exact) mass is 294 g/mol. The molecule has 0 aliphatic heterocycles. The van der Waals surface area contributed by atoms with E-state index in [1.807, 2.05) is 0 Å². The second-order valence-corrected chi connectivity index (χ2v) is 5.21. The van der Waals surface area contributed by atoms with Gasteiger partial charge in [-0.2, -0.15) is 5.26 Å². The molecule has 0 spiro atoms. The lowest BCUT2D eigenvalue weighted by molar-refractivity contribution is 0.272. The zero-order chi connectivity index (χ0) is 14.5. The van der Waals surface area contributed by atoms with Crippen LogP contribution in [0, 0.1) is 23.0 Å². The number of thiazole rings is 1. The minimum Gasteiger partial charge on any atom is -0.396 e. The number of hydrogen-bond donors (Lipinski definition) is 1. The molecule has 0 amide bonds. The summed E-state index contributed by atoms with van der Waals surface area (Å²) < 4.78 is 26.8. The molecule has 2 aromatic rings. The summed E-state index contributed by atoms with van der Waals surface area (Å²) >= 11 is 1.35. The fraction of sp³-hybridized carbons (Fsp3) is 0.286. The van der Waals surface area contributed by atoms with Crippen molar-refractivity contribution in [2.45, 2.75) is 18.3 Å². The van der Waals surface area contributed by atoms with Gasteiger partial charge in [-0.3, -0.25) is 4.98 Å². The van der Waals surface area contributed by atoms with Gasteiger partial charge in [0.15, 0.2) is 0 Å². The first-order valence-corrected chi connectivity index (χ1v) is 6.89. The van der Waals surface area contributed by atoms with E-state index >= 15 is 0 Å². The first kappa shape index (κ1) is 14.6. The largest absolute Gasteiger partial charge is 0.396 e. The molecule has 1 aromatic heterocycles. The van der Waals surface area contributed by atoms with Crippen LogP contribution in [0.5, 0.6) is 0 Å². The summed E-state index contributed by atoms with van der Waals surface area (Å²) in [6.07, 6.45) is 1.92. The number of aliphatic hydroxyl groups excluding tert-OH is 1. The van der Waals surface area contributed by atoms with Crippen LogP contribution in [0.25, 0.3) is 0 Å². The predicted molar refractivity (Wildman–Crippen MR) is 71.3 cm³/mol. The van der Waals surface area contributed by atoms with Crippen LogP contribution >= 0.6 is 11.3 Å². The fourth-order valence-electron chi connectivity index (χ4n) is 2.15. The van der Waals surface area contributed by atoms with Crippen LogP contribution < -0.4 is 0 Å². The second-order valence-electron chi connectivity index (χ2n) is 4.30. The van der Waals surface area contributed by atoms with Gasteiger partial charge < -0.3 is 5.11 Å². The van der Waals surface area contributed by atoms with Crippen LogP contribution in [-0.2, 0) is 0 Å². The highest BCUT2D eigenvalue weighted by Crippen LogP contribution is 2.37. The van der Waals surface area contributed by atoms with E-state index in [1.54, 1.807) is 11.7 Å². The summed E-state index contributed by atoms with van der Waals surface area (Å²) in [5, 5.41) is 18.5. The topological polar surface area (TPSA) is 56.9 Å². The molecule has 3 nitrogen and oxygen atoms in total. The summed E-state index contributed by atoms with van der Waals surface area (Å²) in [6.45, 7) is -0.121. The molecule has 104 valence electrons. The minimum absolute atomic E-state index is 0.121. The molecule has 0 aliphatic carbocycles. The minimum atomic E-state index is -0.789. The Balaban J connectivity index is 2.41. The van der Waals surface area contributed by atoms with Crippen LogP contribution in [0.15, 0.2) is 29.9 Å². The van der Waals surface area contributed by atoms with Crippen molar-refractivity contribution in [2.75, 3.05) is 6.61 Å². The summed E-state index contributed by atoms with van der Waals surface area (Å²) in [7, 11) is 0. The van der Waals surface area contributed by atoms with Crippen molar-refractivity contribution >= 4 is 11.3 Å². The summed E-state index contributed by atoms with van der Waals surface area (Å²) in [5.74, 6) is -2.58. The van der Waals surface area contributed by atoms with Crippen molar-refractivity contribution in [3.05, 3.63) is 52.0 Å². The zero-order valence-corrected chi connectivity index (χ0v) is 11.3. The number of rotatable bonds is 5. The van der Waals surface area contributed by atoms with Crippen molar-refractivity contribution in [3.63, 3.8) is 0 Å². The van der Waals surface area contributed by atoms with Crippen molar-refractivity contribution < 1.29 is 13.9 Å². The molecule has 0 saturated heterocycles. The van der Waals surface area contributed by atoms with E-state index in [2.05, 4.69) is 11.1 Å². The maximum absolute atomic E-state index is 13.9. The van der Waals surface area contributed by atoms with Crippen molar-refractivity contribution in [1.82, 2.24) is 4.98 Å². The van der Waals surface area contributed by atoms with Gasteiger partial charge in [0.2, 0.25) is 0 Å². The van der Waals surface area contributed by atoms with Gasteiger partial charge >= 0.3 is 0 Å². The predicted octanol–water partition coefficient (Wildman–Crippen LogP) is 3.19. The molecule has 2 rings (SSSR count). The molecule has 0 aliphatic rings. The zero-order valence-electron chi connectivity index (χ0n) is 10.5. The molecule has 0 saturated carbocycles. The Bertz CT molecular complexity index is 610. The first-order valence-electron chi connectivity index (χ1n) is 6.01. The maximum Gasteiger partial charge on any atom is 0.130 e. The number of nitriles is 1. The van der Waals surface area contributed by atoms with E-state index < -0.39 is 17.6 Å². The third kappa shape index (κ3) is 3.00. The van der Waals surface area contributed by atoms with E-state index in [0.29, 0.717) is 6.42 Å². The van der Waals surface area contributed by atoms with Gasteiger partial charge in [0.05, 0.1) is 17.5 Å². The Morgan fingerprint density at radius 2 is 2.20 bits per heavy atom. The highest BCUT2D eigenvalue weighted by atomic mass is 32.1. The molecule has 0 bridgehead atoms. The van der Waals surface area contributed by atoms with Crippen molar-refractivity contribution in [2.24, 2.45) is 0 Å². The van der Waals surface area contributed by atoms with Crippen molar-refractivity contribution in [1.29, 1.82) is 5.26 Å². The fourth-order valence-corrected chi connectivity index (χ4v) is 2.94. The average Bonchev–Trinajstić information content (AvgIpc) is 2.94. The Morgan fingerprint density at radius 3 is 2.75 bits per heavy atom.